The molecule has 0 spiro atoms. The molecule has 0 saturated heterocycles. The van der Waals surface area contributed by atoms with Crippen molar-refractivity contribution in [2.24, 2.45) is 0 Å². The molecular weight excluding hydrogens is 288 g/mol. The topological polar surface area (TPSA) is 83.7 Å². The van der Waals surface area contributed by atoms with Crippen LogP contribution in [0.3, 0.4) is 0 Å². The molecule has 1 aromatic carbocycles. The summed E-state index contributed by atoms with van der Waals surface area (Å²) in [7, 11) is 1.54. The van der Waals surface area contributed by atoms with Crippen molar-refractivity contribution in [2.75, 3.05) is 7.11 Å². The summed E-state index contributed by atoms with van der Waals surface area (Å²) in [6.07, 6.45) is 2.07. The lowest BCUT2D eigenvalue weighted by Gasteiger charge is -2.06. The third-order valence-electron chi connectivity index (χ3n) is 3.34. The second kappa shape index (κ2) is 5.66. The molecule has 1 heterocycles. The molecule has 1 N–H and O–H groups in total. The van der Waals surface area contributed by atoms with Crippen LogP contribution < -0.4 is 10.4 Å². The zero-order valence-electron chi connectivity index (χ0n) is 11.5. The molecule has 1 aliphatic carbocycles. The Morgan fingerprint density at radius 3 is 3.05 bits per heavy atom. The zero-order chi connectivity index (χ0) is 14.8. The molecule has 0 unspecified atom stereocenters. The Morgan fingerprint density at radius 2 is 2.38 bits per heavy atom. The summed E-state index contributed by atoms with van der Waals surface area (Å²) >= 11 is 1.49. The number of ether oxygens (including phenoxy) is 1. The fourth-order valence-corrected chi connectivity index (χ4v) is 3.08. The van der Waals surface area contributed by atoms with Crippen molar-refractivity contribution < 1.29 is 4.74 Å². The van der Waals surface area contributed by atoms with E-state index in [9.17, 15) is 4.79 Å². The highest BCUT2D eigenvalue weighted by atomic mass is 32.2. The predicted molar refractivity (Wildman–Crippen MR) is 78.4 cm³/mol. The van der Waals surface area contributed by atoms with E-state index in [-0.39, 0.29) is 5.69 Å². The molecule has 7 heteroatoms. The molecule has 2 aromatic rings. The summed E-state index contributed by atoms with van der Waals surface area (Å²) < 4.78 is 6.85. The Labute approximate surface area is 125 Å². The number of hydrogen-bond donors (Lipinski definition) is 1. The number of rotatable bonds is 5. The van der Waals surface area contributed by atoms with Gasteiger partial charge in [-0.3, -0.25) is 4.57 Å². The lowest BCUT2D eigenvalue weighted by Crippen LogP contribution is -2.16. The Balaban J connectivity index is 1.76. The quantitative estimate of drug-likeness (QED) is 0.855. The summed E-state index contributed by atoms with van der Waals surface area (Å²) in [6, 6.07) is 7.92. The van der Waals surface area contributed by atoms with Crippen molar-refractivity contribution >= 4 is 11.8 Å². The van der Waals surface area contributed by atoms with E-state index in [0.717, 1.165) is 18.4 Å². The Morgan fingerprint density at radius 1 is 1.57 bits per heavy atom. The van der Waals surface area contributed by atoms with Crippen LogP contribution in [0.4, 0.5) is 0 Å². The molecule has 1 saturated carbocycles. The van der Waals surface area contributed by atoms with Crippen LogP contribution in [0.5, 0.6) is 5.75 Å². The number of thioether (sulfide) groups is 1. The Bertz CT molecular complexity index is 755. The molecule has 0 radical (unpaired) electrons. The Kier molecular flexibility index (Phi) is 3.71. The minimum Gasteiger partial charge on any atom is -0.495 e. The fourth-order valence-electron chi connectivity index (χ4n) is 2.13. The normalized spacial score (nSPS) is 13.9. The monoisotopic (exact) mass is 302 g/mol. The van der Waals surface area contributed by atoms with E-state index in [0.29, 0.717) is 28.3 Å². The maximum absolute atomic E-state index is 11.7. The van der Waals surface area contributed by atoms with Crippen molar-refractivity contribution in [3.8, 4) is 11.8 Å². The highest BCUT2D eigenvalue weighted by Crippen LogP contribution is 2.36. The van der Waals surface area contributed by atoms with Crippen LogP contribution in [0.15, 0.2) is 28.2 Å². The number of H-pyrrole nitrogens is 1. The standard InChI is InChI=1S/C14H14N4O2S/c1-20-12-5-2-9(6-10(12)7-15)8-21-14-17-16-13(19)18(14)11-3-4-11/h2,5-6,11H,3-4,8H2,1H3,(H,16,19). The average molecular weight is 302 g/mol. The first-order valence-corrected chi connectivity index (χ1v) is 7.58. The second-order valence-electron chi connectivity index (χ2n) is 4.85. The van der Waals surface area contributed by atoms with E-state index in [1.807, 2.05) is 6.07 Å². The smallest absolute Gasteiger partial charge is 0.344 e. The minimum absolute atomic E-state index is 0.146. The molecule has 0 bridgehead atoms. The molecule has 6 nitrogen and oxygen atoms in total. The van der Waals surface area contributed by atoms with Crippen molar-refractivity contribution in [1.82, 2.24) is 14.8 Å². The largest absolute Gasteiger partial charge is 0.495 e. The number of benzene rings is 1. The van der Waals surface area contributed by atoms with Crippen molar-refractivity contribution in [2.45, 2.75) is 29.8 Å². The van der Waals surface area contributed by atoms with E-state index in [4.69, 9.17) is 10.00 Å². The average Bonchev–Trinajstić information content (AvgIpc) is 3.28. The van der Waals surface area contributed by atoms with Gasteiger partial charge in [-0.1, -0.05) is 17.8 Å². The number of methoxy groups -OCH3 is 1. The van der Waals surface area contributed by atoms with E-state index in [1.165, 1.54) is 11.8 Å². The zero-order valence-corrected chi connectivity index (χ0v) is 12.3. The van der Waals surface area contributed by atoms with Gasteiger partial charge in [-0.25, -0.2) is 9.89 Å². The molecule has 0 aliphatic heterocycles. The molecule has 108 valence electrons. The Hall–Kier alpha value is -2.20. The molecule has 1 aliphatic rings. The van der Waals surface area contributed by atoms with Crippen molar-refractivity contribution in [3.05, 3.63) is 39.8 Å². The van der Waals surface area contributed by atoms with Crippen molar-refractivity contribution in [3.63, 3.8) is 0 Å². The van der Waals surface area contributed by atoms with Crippen LogP contribution in [0.2, 0.25) is 0 Å². The highest BCUT2D eigenvalue weighted by Gasteiger charge is 2.28. The molecule has 3 rings (SSSR count). The lowest BCUT2D eigenvalue weighted by atomic mass is 10.1. The summed E-state index contributed by atoms with van der Waals surface area (Å²) in [5, 5.41) is 16.4. The van der Waals surface area contributed by atoms with Crippen LogP contribution in [0.1, 0.15) is 30.0 Å². The van der Waals surface area contributed by atoms with E-state index >= 15 is 0 Å². The maximum Gasteiger partial charge on any atom is 0.344 e. The number of nitrogens with one attached hydrogen (secondary N) is 1. The first-order chi connectivity index (χ1) is 10.2. The summed E-state index contributed by atoms with van der Waals surface area (Å²) in [5.74, 6) is 1.22. The van der Waals surface area contributed by atoms with Gasteiger partial charge in [0.1, 0.15) is 11.8 Å². The van der Waals surface area contributed by atoms with Gasteiger partial charge in [0, 0.05) is 11.8 Å². The summed E-state index contributed by atoms with van der Waals surface area (Å²) in [5.41, 5.74) is 1.36. The van der Waals surface area contributed by atoms with Gasteiger partial charge in [0.25, 0.3) is 0 Å². The van der Waals surface area contributed by atoms with E-state index < -0.39 is 0 Å². The van der Waals surface area contributed by atoms with E-state index in [1.54, 1.807) is 23.8 Å². The molecule has 0 atom stereocenters. The fraction of sp³-hybridized carbons (Fsp3) is 0.357. The molecule has 0 amide bonds. The van der Waals surface area contributed by atoms with Crippen LogP contribution in [-0.2, 0) is 5.75 Å². The number of hydrogen-bond acceptors (Lipinski definition) is 5. The number of aromatic amines is 1. The molecule has 1 fully saturated rings. The molecular formula is C14H14N4O2S. The van der Waals surface area contributed by atoms with Crippen LogP contribution in [0, 0.1) is 11.3 Å². The van der Waals surface area contributed by atoms with Gasteiger partial charge in [-0.15, -0.1) is 5.10 Å². The summed E-state index contributed by atoms with van der Waals surface area (Å²) in [4.78, 5) is 11.7. The number of nitriles is 1. The van der Waals surface area contributed by atoms with Crippen LogP contribution in [-0.4, -0.2) is 21.9 Å². The van der Waals surface area contributed by atoms with Gasteiger partial charge in [0.05, 0.1) is 12.7 Å². The van der Waals surface area contributed by atoms with Gasteiger partial charge in [0.15, 0.2) is 5.16 Å². The number of nitrogens with zero attached hydrogens (tertiary/aromatic N) is 3. The third-order valence-corrected chi connectivity index (χ3v) is 4.36. The second-order valence-corrected chi connectivity index (χ2v) is 5.79. The molecule has 1 aromatic heterocycles. The van der Waals surface area contributed by atoms with E-state index in [2.05, 4.69) is 16.3 Å². The summed E-state index contributed by atoms with van der Waals surface area (Å²) in [6.45, 7) is 0. The van der Waals surface area contributed by atoms with Crippen LogP contribution >= 0.6 is 11.8 Å². The van der Waals surface area contributed by atoms with Gasteiger partial charge >= 0.3 is 5.69 Å². The highest BCUT2D eigenvalue weighted by molar-refractivity contribution is 7.98. The van der Waals surface area contributed by atoms with Crippen LogP contribution in [0.25, 0.3) is 0 Å². The molecule has 21 heavy (non-hydrogen) atoms. The third kappa shape index (κ3) is 2.81. The van der Waals surface area contributed by atoms with Gasteiger partial charge in [-0.2, -0.15) is 5.26 Å². The lowest BCUT2D eigenvalue weighted by molar-refractivity contribution is 0.413. The van der Waals surface area contributed by atoms with Crippen molar-refractivity contribution in [1.29, 1.82) is 5.26 Å². The number of aromatic nitrogens is 3. The predicted octanol–water partition coefficient (Wildman–Crippen LogP) is 2.08. The minimum atomic E-state index is -0.146. The van der Waals surface area contributed by atoms with Gasteiger partial charge in [-0.05, 0) is 30.5 Å². The SMILES string of the molecule is COc1ccc(CSc2n[nH]c(=O)n2C2CC2)cc1C#N. The van der Waals surface area contributed by atoms with Gasteiger partial charge in [0.2, 0.25) is 0 Å². The first-order valence-electron chi connectivity index (χ1n) is 6.59. The maximum atomic E-state index is 11.7. The van der Waals surface area contributed by atoms with Gasteiger partial charge < -0.3 is 4.74 Å². The first kappa shape index (κ1) is 13.8.